The van der Waals surface area contributed by atoms with E-state index >= 15 is 0 Å². The molecule has 0 amide bonds. The van der Waals surface area contributed by atoms with Crippen LogP contribution >= 0.6 is 27.3 Å². The molecule has 1 N–H and O–H groups in total. The maximum atomic E-state index is 4.43. The fourth-order valence-electron chi connectivity index (χ4n) is 1.46. The van der Waals surface area contributed by atoms with Crippen molar-refractivity contribution in [1.82, 2.24) is 9.97 Å². The molecular weight excluding hydrogens is 298 g/mol. The summed E-state index contributed by atoms with van der Waals surface area (Å²) in [6.45, 7) is 4.87. The van der Waals surface area contributed by atoms with Crippen molar-refractivity contribution in [3.05, 3.63) is 38.4 Å². The number of nitrogens with one attached hydrogen (secondary N) is 1. The Morgan fingerprint density at radius 2 is 2.12 bits per heavy atom. The van der Waals surface area contributed by atoms with E-state index in [0.29, 0.717) is 0 Å². The minimum absolute atomic E-state index is 0.862. The zero-order valence-corrected chi connectivity index (χ0v) is 12.2. The Morgan fingerprint density at radius 3 is 2.76 bits per heavy atom. The number of hydrogen-bond donors (Lipinski definition) is 1. The van der Waals surface area contributed by atoms with Gasteiger partial charge in [-0.1, -0.05) is 0 Å². The Bertz CT molecular complexity index is 510. The summed E-state index contributed by atoms with van der Waals surface area (Å²) in [5, 5.41) is 6.56. The van der Waals surface area contributed by atoms with Crippen LogP contribution in [0.5, 0.6) is 0 Å². The normalized spacial score (nSPS) is 10.5. The highest BCUT2D eigenvalue weighted by Gasteiger charge is 2.00. The first-order valence-corrected chi connectivity index (χ1v) is 7.10. The van der Waals surface area contributed by atoms with E-state index < -0.39 is 0 Å². The lowest BCUT2D eigenvalue weighted by molar-refractivity contribution is 0.974. The van der Waals surface area contributed by atoms with Gasteiger partial charge in [-0.15, -0.1) is 11.3 Å². The van der Waals surface area contributed by atoms with Crippen LogP contribution in [-0.2, 0) is 6.42 Å². The number of aryl methyl sites for hydroxylation is 2. The predicted octanol–water partition coefficient (Wildman–Crippen LogP) is 3.57. The van der Waals surface area contributed by atoms with Crippen LogP contribution in [0.3, 0.4) is 0 Å². The maximum absolute atomic E-state index is 4.43. The van der Waals surface area contributed by atoms with Crippen molar-refractivity contribution in [2.24, 2.45) is 0 Å². The minimum atomic E-state index is 0.862. The third-order valence-corrected chi connectivity index (χ3v) is 4.20. The van der Waals surface area contributed by atoms with Crippen LogP contribution in [0, 0.1) is 13.8 Å². The van der Waals surface area contributed by atoms with Crippen LogP contribution in [0.25, 0.3) is 0 Å². The van der Waals surface area contributed by atoms with Gasteiger partial charge in [0.1, 0.15) is 5.82 Å². The largest absolute Gasteiger partial charge is 0.370 e. The number of hydrogen-bond acceptors (Lipinski definition) is 4. The van der Waals surface area contributed by atoms with Crippen LogP contribution in [0.15, 0.2) is 22.0 Å². The highest BCUT2D eigenvalue weighted by Crippen LogP contribution is 2.16. The average molecular weight is 312 g/mol. The van der Waals surface area contributed by atoms with E-state index in [4.69, 9.17) is 0 Å². The van der Waals surface area contributed by atoms with E-state index in [1.54, 1.807) is 11.3 Å². The number of rotatable bonds is 4. The second-order valence-electron chi connectivity index (χ2n) is 3.82. The lowest BCUT2D eigenvalue weighted by atomic mass is 10.3. The van der Waals surface area contributed by atoms with Gasteiger partial charge in [-0.05, 0) is 41.9 Å². The van der Waals surface area contributed by atoms with Gasteiger partial charge < -0.3 is 5.32 Å². The molecule has 0 saturated carbocycles. The zero-order chi connectivity index (χ0) is 12.3. The molecule has 0 spiro atoms. The number of pyridine rings is 1. The lowest BCUT2D eigenvalue weighted by Gasteiger charge is -2.05. The van der Waals surface area contributed by atoms with Gasteiger partial charge >= 0.3 is 0 Å². The van der Waals surface area contributed by atoms with Gasteiger partial charge in [0.05, 0.1) is 10.7 Å². The summed E-state index contributed by atoms with van der Waals surface area (Å²) in [6, 6.07) is 3.99. The molecule has 17 heavy (non-hydrogen) atoms. The monoisotopic (exact) mass is 311 g/mol. The van der Waals surface area contributed by atoms with Crippen molar-refractivity contribution in [2.75, 3.05) is 11.9 Å². The van der Waals surface area contributed by atoms with Crippen LogP contribution in [-0.4, -0.2) is 16.5 Å². The van der Waals surface area contributed by atoms with Crippen molar-refractivity contribution in [3.8, 4) is 0 Å². The summed E-state index contributed by atoms with van der Waals surface area (Å²) in [5.41, 5.74) is 2.10. The summed E-state index contributed by atoms with van der Waals surface area (Å²) in [5.74, 6) is 0.916. The Labute approximate surface area is 113 Å². The van der Waals surface area contributed by atoms with Gasteiger partial charge in [0.25, 0.3) is 0 Å². The first-order chi connectivity index (χ1) is 8.15. The van der Waals surface area contributed by atoms with E-state index in [2.05, 4.69) is 36.6 Å². The molecule has 0 saturated heterocycles. The molecule has 90 valence electrons. The Hall–Kier alpha value is -0.940. The van der Waals surface area contributed by atoms with Gasteiger partial charge in [0.2, 0.25) is 0 Å². The molecule has 0 aromatic carbocycles. The van der Waals surface area contributed by atoms with Crippen LogP contribution in [0.2, 0.25) is 0 Å². The number of aromatic nitrogens is 2. The Kier molecular flexibility index (Phi) is 4.12. The van der Waals surface area contributed by atoms with Crippen LogP contribution in [0.1, 0.15) is 16.4 Å². The number of halogens is 1. The van der Waals surface area contributed by atoms with Crippen LogP contribution in [0.4, 0.5) is 5.82 Å². The highest BCUT2D eigenvalue weighted by atomic mass is 79.9. The van der Waals surface area contributed by atoms with Crippen molar-refractivity contribution in [1.29, 1.82) is 0 Å². The summed E-state index contributed by atoms with van der Waals surface area (Å²) < 4.78 is 1.04. The van der Waals surface area contributed by atoms with E-state index in [1.165, 1.54) is 5.01 Å². The Morgan fingerprint density at radius 1 is 1.29 bits per heavy atom. The predicted molar refractivity (Wildman–Crippen MR) is 75.7 cm³/mol. The molecule has 0 aliphatic heterocycles. The minimum Gasteiger partial charge on any atom is -0.370 e. The fraction of sp³-hybridized carbons (Fsp3) is 0.333. The van der Waals surface area contributed by atoms with Crippen molar-refractivity contribution in [3.63, 3.8) is 0 Å². The van der Waals surface area contributed by atoms with Gasteiger partial charge in [0, 0.05) is 28.5 Å². The maximum Gasteiger partial charge on any atom is 0.126 e. The first kappa shape index (κ1) is 12.5. The van der Waals surface area contributed by atoms with Gasteiger partial charge in [-0.25, -0.2) is 9.97 Å². The summed E-state index contributed by atoms with van der Waals surface area (Å²) in [7, 11) is 0. The third kappa shape index (κ3) is 3.51. The summed E-state index contributed by atoms with van der Waals surface area (Å²) in [4.78, 5) is 8.86. The molecule has 2 aromatic heterocycles. The van der Waals surface area contributed by atoms with E-state index in [-0.39, 0.29) is 0 Å². The zero-order valence-electron chi connectivity index (χ0n) is 9.83. The summed E-state index contributed by atoms with van der Waals surface area (Å²) >= 11 is 5.15. The molecule has 2 heterocycles. The molecule has 0 aliphatic carbocycles. The average Bonchev–Trinajstić information content (AvgIpc) is 2.70. The molecule has 0 aliphatic rings. The quantitative estimate of drug-likeness (QED) is 0.938. The first-order valence-electron chi connectivity index (χ1n) is 5.43. The van der Waals surface area contributed by atoms with Crippen LogP contribution < -0.4 is 5.32 Å². The van der Waals surface area contributed by atoms with Crippen molar-refractivity contribution >= 4 is 33.1 Å². The van der Waals surface area contributed by atoms with E-state index in [1.807, 2.05) is 26.0 Å². The molecule has 5 heteroatoms. The third-order valence-electron chi connectivity index (χ3n) is 2.33. The summed E-state index contributed by atoms with van der Waals surface area (Å²) in [6.07, 6.45) is 0.940. The molecule has 2 aromatic rings. The van der Waals surface area contributed by atoms with Gasteiger partial charge in [-0.2, -0.15) is 0 Å². The van der Waals surface area contributed by atoms with Gasteiger partial charge in [0.15, 0.2) is 0 Å². The van der Waals surface area contributed by atoms with E-state index in [9.17, 15) is 0 Å². The molecule has 0 radical (unpaired) electrons. The molecule has 2 rings (SSSR count). The second kappa shape index (κ2) is 5.60. The van der Waals surface area contributed by atoms with Crippen molar-refractivity contribution < 1.29 is 0 Å². The second-order valence-corrected chi connectivity index (χ2v) is 5.62. The SMILES string of the molecule is Cc1csc(CCNc2ccc(Br)c(C)n2)n1. The lowest BCUT2D eigenvalue weighted by Crippen LogP contribution is -2.06. The Balaban J connectivity index is 1.87. The molecule has 0 atom stereocenters. The smallest absolute Gasteiger partial charge is 0.126 e. The molecule has 3 nitrogen and oxygen atoms in total. The standard InChI is InChI=1S/C12H14BrN3S/c1-8-7-17-12(15-8)5-6-14-11-4-3-10(13)9(2)16-11/h3-4,7H,5-6H2,1-2H3,(H,14,16). The van der Waals surface area contributed by atoms with Crippen molar-refractivity contribution in [2.45, 2.75) is 20.3 Å². The van der Waals surface area contributed by atoms with Gasteiger partial charge in [-0.3, -0.25) is 0 Å². The molecule has 0 fully saturated rings. The highest BCUT2D eigenvalue weighted by molar-refractivity contribution is 9.10. The van der Waals surface area contributed by atoms with E-state index in [0.717, 1.165) is 34.6 Å². The fourth-order valence-corrected chi connectivity index (χ4v) is 2.45. The molecule has 0 unspecified atom stereocenters. The number of nitrogens with zero attached hydrogens (tertiary/aromatic N) is 2. The molecule has 0 bridgehead atoms. The number of anilines is 1. The topological polar surface area (TPSA) is 37.8 Å². The molecular formula is C12H14BrN3S. The number of thiazole rings is 1.